The summed E-state index contributed by atoms with van der Waals surface area (Å²) in [6, 6.07) is 0. The van der Waals surface area contributed by atoms with Gasteiger partial charge in [-0.05, 0) is 109 Å². The maximum Gasteiger partial charge on any atom is 0.306 e. The van der Waals surface area contributed by atoms with E-state index in [0.29, 0.717) is 19.3 Å². The molecule has 0 aliphatic heterocycles. The molecule has 63 heavy (non-hydrogen) atoms. The van der Waals surface area contributed by atoms with Crippen molar-refractivity contribution < 1.29 is 28.6 Å². The third kappa shape index (κ3) is 49.2. The zero-order valence-corrected chi connectivity index (χ0v) is 40.8. The summed E-state index contributed by atoms with van der Waals surface area (Å²) in [5.74, 6) is -0.955. The van der Waals surface area contributed by atoms with E-state index in [4.69, 9.17) is 14.2 Å². The van der Waals surface area contributed by atoms with E-state index in [2.05, 4.69) is 118 Å². The van der Waals surface area contributed by atoms with Crippen molar-refractivity contribution in [3.05, 3.63) is 97.2 Å². The fourth-order valence-corrected chi connectivity index (χ4v) is 6.80. The Morgan fingerprint density at radius 1 is 0.317 bits per heavy atom. The van der Waals surface area contributed by atoms with E-state index in [1.165, 1.54) is 70.6 Å². The van der Waals surface area contributed by atoms with Gasteiger partial charge in [0.25, 0.3) is 0 Å². The van der Waals surface area contributed by atoms with E-state index in [1.807, 2.05) is 0 Å². The molecule has 1 unspecified atom stereocenters. The fraction of sp³-hybridized carbons (Fsp3) is 0.667. The lowest BCUT2D eigenvalue weighted by molar-refractivity contribution is -0.167. The van der Waals surface area contributed by atoms with Gasteiger partial charge < -0.3 is 14.2 Å². The van der Waals surface area contributed by atoms with Crippen LogP contribution >= 0.6 is 0 Å². The molecule has 6 heteroatoms. The lowest BCUT2D eigenvalue weighted by Crippen LogP contribution is -2.30. The zero-order valence-electron chi connectivity index (χ0n) is 40.8. The number of carbonyl (C=O) groups excluding carboxylic acids is 3. The predicted molar refractivity (Wildman–Crippen MR) is 270 cm³/mol. The van der Waals surface area contributed by atoms with Crippen LogP contribution in [0, 0.1) is 0 Å². The lowest BCUT2D eigenvalue weighted by atomic mass is 10.1. The van der Waals surface area contributed by atoms with Crippen molar-refractivity contribution in [2.75, 3.05) is 13.2 Å². The molecule has 0 fully saturated rings. The molecule has 0 saturated carbocycles. The van der Waals surface area contributed by atoms with Crippen molar-refractivity contribution in [2.24, 2.45) is 0 Å². The van der Waals surface area contributed by atoms with Crippen molar-refractivity contribution in [1.29, 1.82) is 0 Å². The van der Waals surface area contributed by atoms with Gasteiger partial charge in [-0.25, -0.2) is 0 Å². The monoisotopic (exact) mass is 875 g/mol. The molecule has 0 spiro atoms. The first kappa shape index (κ1) is 59.3. The van der Waals surface area contributed by atoms with Crippen LogP contribution in [0.5, 0.6) is 0 Å². The molecular formula is C57H94O6. The summed E-state index contributed by atoms with van der Waals surface area (Å²) in [5, 5.41) is 0. The molecule has 0 rings (SSSR count). The highest BCUT2D eigenvalue weighted by molar-refractivity contribution is 5.71. The largest absolute Gasteiger partial charge is 0.462 e. The van der Waals surface area contributed by atoms with E-state index in [-0.39, 0.29) is 31.1 Å². The first-order valence-corrected chi connectivity index (χ1v) is 25.7. The quantitative estimate of drug-likeness (QED) is 0.0262. The molecule has 0 saturated heterocycles. The standard InChI is InChI=1S/C57H94O6/c1-4-7-10-13-16-19-22-25-27-28-29-30-31-33-35-38-41-44-47-50-56(59)62-53-54(52-61-55(58)49-46-43-40-37-34-24-21-18-15-12-9-6-3)63-57(60)51-48-45-42-39-36-32-26-23-20-17-14-11-8-5-2/h7-12,16-21,25,27,34,37,54H,4-6,13-15,22-24,26,28-33,35-36,38-53H2,1-3H3/b10-7-,11-8-,12-9-,19-16-,20-17-,21-18-,27-25-,37-34-. The third-order valence-electron chi connectivity index (χ3n) is 10.6. The Kier molecular flexibility index (Phi) is 48.0. The molecule has 0 radical (unpaired) electrons. The zero-order chi connectivity index (χ0) is 45.8. The Labute approximate surface area is 387 Å². The van der Waals surface area contributed by atoms with Crippen LogP contribution in [0.15, 0.2) is 97.2 Å². The van der Waals surface area contributed by atoms with Crippen molar-refractivity contribution >= 4 is 17.9 Å². The Morgan fingerprint density at radius 2 is 0.571 bits per heavy atom. The summed E-state index contributed by atoms with van der Waals surface area (Å²) in [6.07, 6.45) is 66.8. The van der Waals surface area contributed by atoms with Gasteiger partial charge in [-0.2, -0.15) is 0 Å². The van der Waals surface area contributed by atoms with Crippen molar-refractivity contribution in [3.8, 4) is 0 Å². The van der Waals surface area contributed by atoms with Gasteiger partial charge in [0, 0.05) is 19.3 Å². The summed E-state index contributed by atoms with van der Waals surface area (Å²) in [7, 11) is 0. The fourth-order valence-electron chi connectivity index (χ4n) is 6.80. The molecule has 0 aromatic rings. The smallest absolute Gasteiger partial charge is 0.306 e. The van der Waals surface area contributed by atoms with E-state index in [1.54, 1.807) is 0 Å². The average Bonchev–Trinajstić information content (AvgIpc) is 3.28. The first-order chi connectivity index (χ1) is 31.0. The van der Waals surface area contributed by atoms with Crippen LogP contribution in [0.2, 0.25) is 0 Å². The summed E-state index contributed by atoms with van der Waals surface area (Å²) < 4.78 is 16.7. The maximum absolute atomic E-state index is 12.8. The molecule has 0 amide bonds. The van der Waals surface area contributed by atoms with Crippen molar-refractivity contribution in [3.63, 3.8) is 0 Å². The van der Waals surface area contributed by atoms with Gasteiger partial charge >= 0.3 is 17.9 Å². The molecule has 0 aromatic heterocycles. The summed E-state index contributed by atoms with van der Waals surface area (Å²) in [5.41, 5.74) is 0. The normalized spacial score (nSPS) is 12.9. The molecule has 1 atom stereocenters. The molecule has 0 heterocycles. The number of rotatable bonds is 45. The van der Waals surface area contributed by atoms with Crippen LogP contribution in [0.3, 0.4) is 0 Å². The number of hydrogen-bond acceptors (Lipinski definition) is 6. The highest BCUT2D eigenvalue weighted by atomic mass is 16.6. The Bertz CT molecular complexity index is 1280. The third-order valence-corrected chi connectivity index (χ3v) is 10.6. The van der Waals surface area contributed by atoms with E-state index in [9.17, 15) is 14.4 Å². The summed E-state index contributed by atoms with van der Waals surface area (Å²) >= 11 is 0. The predicted octanol–water partition coefficient (Wildman–Crippen LogP) is 17.0. The van der Waals surface area contributed by atoms with Gasteiger partial charge in [-0.15, -0.1) is 0 Å². The molecular weight excluding hydrogens is 781 g/mol. The number of hydrogen-bond donors (Lipinski definition) is 0. The second kappa shape index (κ2) is 51.0. The molecule has 0 aromatic carbocycles. The Hall–Kier alpha value is -3.67. The highest BCUT2D eigenvalue weighted by Gasteiger charge is 2.19. The van der Waals surface area contributed by atoms with Gasteiger partial charge in [-0.3, -0.25) is 14.4 Å². The van der Waals surface area contributed by atoms with Gasteiger partial charge in [-0.1, -0.05) is 195 Å². The molecule has 0 aliphatic carbocycles. The number of ether oxygens (including phenoxy) is 3. The Morgan fingerprint density at radius 3 is 0.921 bits per heavy atom. The molecule has 0 aliphatic rings. The molecule has 0 bridgehead atoms. The van der Waals surface area contributed by atoms with Crippen LogP contribution in [-0.4, -0.2) is 37.2 Å². The first-order valence-electron chi connectivity index (χ1n) is 25.7. The number of esters is 3. The van der Waals surface area contributed by atoms with Crippen molar-refractivity contribution in [2.45, 2.75) is 232 Å². The van der Waals surface area contributed by atoms with Gasteiger partial charge in [0.1, 0.15) is 13.2 Å². The highest BCUT2D eigenvalue weighted by Crippen LogP contribution is 2.14. The van der Waals surface area contributed by atoms with Gasteiger partial charge in [0.15, 0.2) is 6.10 Å². The molecule has 358 valence electrons. The van der Waals surface area contributed by atoms with E-state index in [0.717, 1.165) is 116 Å². The van der Waals surface area contributed by atoms with Crippen LogP contribution < -0.4 is 0 Å². The number of carbonyl (C=O) groups is 3. The van der Waals surface area contributed by atoms with Gasteiger partial charge in [0.2, 0.25) is 0 Å². The van der Waals surface area contributed by atoms with E-state index >= 15 is 0 Å². The average molecular weight is 875 g/mol. The second-order valence-electron chi connectivity index (χ2n) is 16.6. The van der Waals surface area contributed by atoms with Crippen molar-refractivity contribution in [1.82, 2.24) is 0 Å². The van der Waals surface area contributed by atoms with E-state index < -0.39 is 6.10 Å². The minimum absolute atomic E-state index is 0.0968. The second-order valence-corrected chi connectivity index (χ2v) is 16.6. The summed E-state index contributed by atoms with van der Waals surface area (Å²) in [6.45, 7) is 6.25. The van der Waals surface area contributed by atoms with Crippen LogP contribution in [0.25, 0.3) is 0 Å². The minimum atomic E-state index is -0.799. The SMILES string of the molecule is CC/C=C\C/C=C\C/C=C\CCCCCCCCCCCC(=O)OCC(COC(=O)CCCC/C=C\C/C=C\C/C=C\CC)OC(=O)CCCCCCCCC/C=C\C/C=C\CC. The molecule has 0 N–H and O–H groups in total. The number of unbranched alkanes of at least 4 members (excludes halogenated alkanes) is 18. The van der Waals surface area contributed by atoms with Crippen LogP contribution in [0.4, 0.5) is 0 Å². The van der Waals surface area contributed by atoms with Gasteiger partial charge in [0.05, 0.1) is 0 Å². The van der Waals surface area contributed by atoms with Crippen LogP contribution in [0.1, 0.15) is 226 Å². The van der Waals surface area contributed by atoms with Crippen LogP contribution in [-0.2, 0) is 28.6 Å². The number of allylic oxidation sites excluding steroid dienone is 16. The summed E-state index contributed by atoms with van der Waals surface area (Å²) in [4.78, 5) is 38.0. The maximum atomic E-state index is 12.8. The lowest BCUT2D eigenvalue weighted by Gasteiger charge is -2.18. The minimum Gasteiger partial charge on any atom is -0.462 e. The molecule has 6 nitrogen and oxygen atoms in total. The Balaban J connectivity index is 4.41. The topological polar surface area (TPSA) is 78.9 Å².